The summed E-state index contributed by atoms with van der Waals surface area (Å²) < 4.78 is 0. The van der Waals surface area contributed by atoms with Gasteiger partial charge in [0.2, 0.25) is 11.8 Å². The van der Waals surface area contributed by atoms with Crippen molar-refractivity contribution in [2.45, 2.75) is 26.3 Å². The maximum absolute atomic E-state index is 12.3. The topological polar surface area (TPSA) is 78.7 Å². The fourth-order valence-corrected chi connectivity index (χ4v) is 2.70. The predicted molar refractivity (Wildman–Crippen MR) is 110 cm³/mol. The number of amides is 2. The number of carbonyl (C=O) groups is 2. The average Bonchev–Trinajstić information content (AvgIpc) is 2.61. The molecular weight excluding hydrogens is 375 g/mol. The molecule has 0 saturated carbocycles. The third-order valence-electron chi connectivity index (χ3n) is 4.59. The first-order chi connectivity index (χ1) is 11.5. The van der Waals surface area contributed by atoms with Gasteiger partial charge in [0.15, 0.2) is 0 Å². The Morgan fingerprint density at radius 3 is 2.19 bits per heavy atom. The molecule has 1 aliphatic rings. The molecule has 2 amide bonds. The molecule has 0 aromatic heterocycles. The molecule has 148 valence electrons. The van der Waals surface area contributed by atoms with Gasteiger partial charge in [0.1, 0.15) is 0 Å². The molecule has 6 nitrogen and oxygen atoms in total. The zero-order valence-electron chi connectivity index (χ0n) is 15.4. The van der Waals surface area contributed by atoms with Gasteiger partial charge in [-0.3, -0.25) is 9.59 Å². The minimum atomic E-state index is -0.241. The molecule has 1 aliphatic heterocycles. The van der Waals surface area contributed by atoms with Crippen LogP contribution < -0.4 is 16.0 Å². The van der Waals surface area contributed by atoms with E-state index in [1.165, 1.54) is 5.69 Å². The van der Waals surface area contributed by atoms with Crippen molar-refractivity contribution in [2.75, 3.05) is 37.6 Å². The van der Waals surface area contributed by atoms with E-state index in [4.69, 9.17) is 5.73 Å². The highest BCUT2D eigenvalue weighted by Crippen LogP contribution is 2.15. The normalized spacial score (nSPS) is 16.0. The van der Waals surface area contributed by atoms with Crippen LogP contribution in [0.3, 0.4) is 0 Å². The molecule has 2 unspecified atom stereocenters. The van der Waals surface area contributed by atoms with Crippen molar-refractivity contribution >= 4 is 42.3 Å². The Bertz CT molecular complexity index is 549. The molecule has 1 heterocycles. The lowest BCUT2D eigenvalue weighted by atomic mass is 10.0. The third-order valence-corrected chi connectivity index (χ3v) is 4.59. The van der Waals surface area contributed by atoms with Gasteiger partial charge in [-0.25, -0.2) is 0 Å². The smallest absolute Gasteiger partial charge is 0.224 e. The quantitative estimate of drug-likeness (QED) is 0.755. The number of piperazine rings is 1. The van der Waals surface area contributed by atoms with Gasteiger partial charge in [-0.2, -0.15) is 0 Å². The number of nitrogens with one attached hydrogen (secondary N) is 1. The number of hydrogen-bond acceptors (Lipinski definition) is 4. The van der Waals surface area contributed by atoms with Crippen LogP contribution in [0, 0.1) is 5.92 Å². The summed E-state index contributed by atoms with van der Waals surface area (Å²) in [6.07, 6.45) is 0.336. The van der Waals surface area contributed by atoms with Gasteiger partial charge in [0, 0.05) is 56.8 Å². The molecule has 1 saturated heterocycles. The van der Waals surface area contributed by atoms with E-state index in [0.717, 1.165) is 26.2 Å². The molecule has 0 bridgehead atoms. The predicted octanol–water partition coefficient (Wildman–Crippen LogP) is 1.67. The fraction of sp³-hybridized carbons (Fsp3) is 0.556. The maximum atomic E-state index is 12.3. The average molecular weight is 405 g/mol. The highest BCUT2D eigenvalue weighted by molar-refractivity contribution is 5.85. The number of nitrogens with two attached hydrogens (primary N) is 1. The second-order valence-corrected chi connectivity index (χ2v) is 6.39. The summed E-state index contributed by atoms with van der Waals surface area (Å²) in [6.45, 7) is 7.09. The molecule has 2 rings (SSSR count). The molecule has 3 N–H and O–H groups in total. The Morgan fingerprint density at radius 1 is 1.08 bits per heavy atom. The first kappa shape index (κ1) is 24.5. The van der Waals surface area contributed by atoms with Crippen LogP contribution in [0.4, 0.5) is 5.69 Å². The first-order valence-corrected chi connectivity index (χ1v) is 8.60. The second-order valence-electron chi connectivity index (χ2n) is 6.39. The number of hydrogen-bond donors (Lipinski definition) is 2. The molecular formula is C18H30Cl2N4O2. The van der Waals surface area contributed by atoms with Gasteiger partial charge in [0.25, 0.3) is 0 Å². The van der Waals surface area contributed by atoms with Crippen molar-refractivity contribution in [2.24, 2.45) is 11.7 Å². The van der Waals surface area contributed by atoms with Crippen molar-refractivity contribution in [3.8, 4) is 0 Å². The number of carbonyl (C=O) groups excluding carboxylic acids is 2. The van der Waals surface area contributed by atoms with E-state index in [2.05, 4.69) is 22.3 Å². The highest BCUT2D eigenvalue weighted by Gasteiger charge is 2.21. The van der Waals surface area contributed by atoms with Crippen molar-refractivity contribution in [1.29, 1.82) is 0 Å². The number of benzene rings is 1. The molecule has 1 aromatic rings. The molecule has 1 aromatic carbocycles. The first-order valence-electron chi connectivity index (χ1n) is 8.60. The number of halogens is 2. The zero-order valence-corrected chi connectivity index (χ0v) is 17.0. The van der Waals surface area contributed by atoms with Gasteiger partial charge in [-0.15, -0.1) is 24.8 Å². The van der Waals surface area contributed by atoms with Crippen LogP contribution in [0.1, 0.15) is 20.3 Å². The summed E-state index contributed by atoms with van der Waals surface area (Å²) in [6, 6.07) is 10.0. The summed E-state index contributed by atoms with van der Waals surface area (Å²) in [5.74, 6) is -0.238. The van der Waals surface area contributed by atoms with E-state index in [9.17, 15) is 9.59 Å². The minimum Gasteiger partial charge on any atom is -0.368 e. The van der Waals surface area contributed by atoms with Crippen LogP contribution in [-0.2, 0) is 9.59 Å². The summed E-state index contributed by atoms with van der Waals surface area (Å²) >= 11 is 0. The number of anilines is 1. The molecule has 0 aliphatic carbocycles. The van der Waals surface area contributed by atoms with Crippen LogP contribution in [-0.4, -0.2) is 55.5 Å². The van der Waals surface area contributed by atoms with Gasteiger partial charge in [0.05, 0.1) is 0 Å². The van der Waals surface area contributed by atoms with E-state index < -0.39 is 0 Å². The largest absolute Gasteiger partial charge is 0.368 e. The van der Waals surface area contributed by atoms with E-state index in [1.54, 1.807) is 6.92 Å². The monoisotopic (exact) mass is 404 g/mol. The lowest BCUT2D eigenvalue weighted by Crippen LogP contribution is -2.49. The molecule has 1 fully saturated rings. The van der Waals surface area contributed by atoms with Crippen LogP contribution in [0.5, 0.6) is 0 Å². The van der Waals surface area contributed by atoms with Crippen molar-refractivity contribution in [1.82, 2.24) is 10.2 Å². The second kappa shape index (κ2) is 12.0. The molecule has 0 spiro atoms. The van der Waals surface area contributed by atoms with E-state index in [0.29, 0.717) is 13.0 Å². The van der Waals surface area contributed by atoms with Crippen LogP contribution in [0.25, 0.3) is 0 Å². The van der Waals surface area contributed by atoms with Gasteiger partial charge in [-0.05, 0) is 19.1 Å². The SMILES string of the molecule is CC(N)C(C)C(=O)NCCC(=O)N1CCN(c2ccccc2)CC1.Cl.Cl. The van der Waals surface area contributed by atoms with Gasteiger partial charge in [-0.1, -0.05) is 25.1 Å². The fourth-order valence-electron chi connectivity index (χ4n) is 2.70. The van der Waals surface area contributed by atoms with Crippen molar-refractivity contribution < 1.29 is 9.59 Å². The van der Waals surface area contributed by atoms with Gasteiger partial charge < -0.3 is 20.9 Å². The van der Waals surface area contributed by atoms with Crippen LogP contribution >= 0.6 is 24.8 Å². The number of rotatable bonds is 6. The van der Waals surface area contributed by atoms with E-state index in [1.807, 2.05) is 30.0 Å². The zero-order chi connectivity index (χ0) is 17.5. The maximum Gasteiger partial charge on any atom is 0.224 e. The molecule has 8 heteroatoms. The summed E-state index contributed by atoms with van der Waals surface area (Å²) in [4.78, 5) is 28.2. The van der Waals surface area contributed by atoms with Crippen molar-refractivity contribution in [3.63, 3.8) is 0 Å². The lowest BCUT2D eigenvalue weighted by Gasteiger charge is -2.36. The minimum absolute atomic E-state index is 0. The van der Waals surface area contributed by atoms with Gasteiger partial charge >= 0.3 is 0 Å². The van der Waals surface area contributed by atoms with Crippen LogP contribution in [0.2, 0.25) is 0 Å². The summed E-state index contributed by atoms with van der Waals surface area (Å²) in [5, 5.41) is 2.79. The highest BCUT2D eigenvalue weighted by atomic mass is 35.5. The number of nitrogens with zero attached hydrogens (tertiary/aromatic N) is 2. The third kappa shape index (κ3) is 7.02. The Morgan fingerprint density at radius 2 is 1.65 bits per heavy atom. The van der Waals surface area contributed by atoms with Crippen molar-refractivity contribution in [3.05, 3.63) is 30.3 Å². The number of para-hydroxylation sites is 1. The van der Waals surface area contributed by atoms with Crippen LogP contribution in [0.15, 0.2) is 30.3 Å². The van der Waals surface area contributed by atoms with E-state index in [-0.39, 0.29) is 48.6 Å². The standard InChI is InChI=1S/C18H28N4O2.2ClH/c1-14(15(2)19)18(24)20-9-8-17(23)22-12-10-21(11-13-22)16-6-4-3-5-7-16;;/h3-7,14-15H,8-13,19H2,1-2H3,(H,20,24);2*1H. The Labute approximate surface area is 168 Å². The Hall–Kier alpha value is -1.50. The Balaban J connectivity index is 0.00000312. The Kier molecular flexibility index (Phi) is 11.3. The van der Waals surface area contributed by atoms with E-state index >= 15 is 0 Å². The molecule has 26 heavy (non-hydrogen) atoms. The summed E-state index contributed by atoms with van der Waals surface area (Å²) in [7, 11) is 0. The summed E-state index contributed by atoms with van der Waals surface area (Å²) in [5.41, 5.74) is 6.90. The lowest BCUT2D eigenvalue weighted by molar-refractivity contribution is -0.131. The molecule has 0 radical (unpaired) electrons. The molecule has 2 atom stereocenters.